The maximum Gasteiger partial charge on any atom is 0.430 e. The van der Waals surface area contributed by atoms with Crippen LogP contribution in [0.4, 0.5) is 36.4 Å². The van der Waals surface area contributed by atoms with E-state index in [4.69, 9.17) is 4.74 Å². The summed E-state index contributed by atoms with van der Waals surface area (Å²) in [5.41, 5.74) is -7.12. The Balaban J connectivity index is 1.70. The van der Waals surface area contributed by atoms with Gasteiger partial charge in [0.15, 0.2) is 0 Å². The highest BCUT2D eigenvalue weighted by Crippen LogP contribution is 2.51. The van der Waals surface area contributed by atoms with E-state index in [1.54, 1.807) is 7.11 Å². The minimum atomic E-state index is -6.12. The molecule has 0 radical (unpaired) electrons. The lowest BCUT2D eigenvalue weighted by atomic mass is 9.86. The molecule has 0 spiro atoms. The van der Waals surface area contributed by atoms with Gasteiger partial charge in [-0.2, -0.15) is 26.3 Å². The molecule has 1 aliphatic carbocycles. The highest BCUT2D eigenvalue weighted by molar-refractivity contribution is 7.92. The number of rotatable bonds is 7. The Morgan fingerprint density at radius 3 is 2.12 bits per heavy atom. The topological polar surface area (TPSA) is 95.9 Å². The first-order valence-electron chi connectivity index (χ1n) is 13.1. The zero-order chi connectivity index (χ0) is 31.1. The normalized spacial score (nSPS) is 22.0. The minimum Gasteiger partial charge on any atom is -0.381 e. The number of methoxy groups -OCH3 is 1. The summed E-state index contributed by atoms with van der Waals surface area (Å²) in [6.07, 6.45) is -9.99. The van der Waals surface area contributed by atoms with Crippen LogP contribution in [0.15, 0.2) is 47.4 Å². The van der Waals surface area contributed by atoms with E-state index in [2.05, 4.69) is 5.32 Å². The van der Waals surface area contributed by atoms with Crippen molar-refractivity contribution in [1.29, 1.82) is 0 Å². The molecule has 2 aromatic carbocycles. The number of halogens is 7. The van der Waals surface area contributed by atoms with Crippen molar-refractivity contribution in [3.8, 4) is 0 Å². The van der Waals surface area contributed by atoms with Crippen LogP contribution in [0.25, 0.3) is 0 Å². The van der Waals surface area contributed by atoms with E-state index < -0.39 is 45.4 Å². The SMILES string of the molecule is COC1CCC(C(=O)NC[C@@H]2CCc3cc(C(O)(C(F)(F)F)C(F)(F)F)ccc3N2S(=O)(=O)c2ccc(F)cc2)CC1. The molecule has 0 bridgehead atoms. The van der Waals surface area contributed by atoms with Gasteiger partial charge < -0.3 is 15.2 Å². The summed E-state index contributed by atoms with van der Waals surface area (Å²) in [5.74, 6) is -1.38. The fourth-order valence-corrected chi connectivity index (χ4v) is 7.22. The number of benzene rings is 2. The van der Waals surface area contributed by atoms with Crippen LogP contribution in [-0.4, -0.2) is 57.6 Å². The summed E-state index contributed by atoms with van der Waals surface area (Å²) in [6.45, 7) is -0.195. The van der Waals surface area contributed by atoms with Crippen molar-refractivity contribution in [1.82, 2.24) is 5.32 Å². The van der Waals surface area contributed by atoms with Crippen LogP contribution in [0.2, 0.25) is 0 Å². The third-order valence-corrected chi connectivity index (χ3v) is 9.78. The second-order valence-corrected chi connectivity index (χ2v) is 12.3. The number of sulfonamides is 1. The lowest BCUT2D eigenvalue weighted by Crippen LogP contribution is -2.54. The number of ether oxygens (including phenoxy) is 1. The average molecular weight is 627 g/mol. The molecule has 1 heterocycles. The number of alkyl halides is 6. The van der Waals surface area contributed by atoms with Gasteiger partial charge in [-0.1, -0.05) is 12.1 Å². The zero-order valence-corrected chi connectivity index (χ0v) is 23.1. The maximum atomic E-state index is 13.8. The molecule has 1 fully saturated rings. The molecule has 232 valence electrons. The Bertz CT molecular complexity index is 1380. The molecule has 0 saturated heterocycles. The van der Waals surface area contributed by atoms with E-state index in [1.807, 2.05) is 0 Å². The van der Waals surface area contributed by atoms with E-state index in [0.717, 1.165) is 34.6 Å². The fraction of sp³-hybridized carbons (Fsp3) is 0.519. The summed E-state index contributed by atoms with van der Waals surface area (Å²) < 4.78 is 128. The van der Waals surface area contributed by atoms with Gasteiger partial charge in [0.25, 0.3) is 15.6 Å². The number of carbonyl (C=O) groups is 1. The Labute approximate surface area is 237 Å². The van der Waals surface area contributed by atoms with Crippen LogP contribution in [-0.2, 0) is 31.6 Å². The number of carbonyl (C=O) groups excluding carboxylic acids is 1. The molecule has 4 rings (SSSR count). The van der Waals surface area contributed by atoms with Gasteiger partial charge in [0.1, 0.15) is 5.82 Å². The van der Waals surface area contributed by atoms with E-state index in [1.165, 1.54) is 0 Å². The van der Waals surface area contributed by atoms with Gasteiger partial charge in [-0.25, -0.2) is 12.8 Å². The van der Waals surface area contributed by atoms with Crippen molar-refractivity contribution in [3.63, 3.8) is 0 Å². The molecular formula is C27H29F7N2O5S. The number of amides is 1. The summed E-state index contributed by atoms with van der Waals surface area (Å²) in [6, 6.07) is 4.40. The lowest BCUT2D eigenvalue weighted by molar-refractivity contribution is -0.376. The quantitative estimate of drug-likeness (QED) is 0.424. The van der Waals surface area contributed by atoms with Gasteiger partial charge in [-0.15, -0.1) is 0 Å². The standard InChI is InChI=1S/C27H29F7N2O5S/c1-41-21-9-3-16(4-10-21)24(37)35-15-20-8-2-17-14-18(25(38,26(29,30)31)27(32,33)34)5-13-23(17)36(20)42(39,40)22-11-6-19(28)7-12-22/h5-7,11-14,16,20-21,38H,2-4,8-10,15H2,1H3,(H,35,37)/t16?,20-,21?/m0/s1. The number of fused-ring (bicyclic) bond motifs is 1. The van der Waals surface area contributed by atoms with Gasteiger partial charge in [0.05, 0.1) is 22.7 Å². The van der Waals surface area contributed by atoms with Crippen LogP contribution >= 0.6 is 0 Å². The summed E-state index contributed by atoms with van der Waals surface area (Å²) in [5, 5.41) is 12.6. The third-order valence-electron chi connectivity index (χ3n) is 7.89. The number of nitrogens with one attached hydrogen (secondary N) is 1. The zero-order valence-electron chi connectivity index (χ0n) is 22.3. The summed E-state index contributed by atoms with van der Waals surface area (Å²) in [4.78, 5) is 12.5. The second-order valence-electron chi connectivity index (χ2n) is 10.5. The van der Waals surface area contributed by atoms with Crippen LogP contribution in [0.1, 0.15) is 43.2 Å². The highest BCUT2D eigenvalue weighted by atomic mass is 32.2. The lowest BCUT2D eigenvalue weighted by Gasteiger charge is -2.39. The molecule has 1 amide bonds. The predicted octanol–water partition coefficient (Wildman–Crippen LogP) is 4.97. The van der Waals surface area contributed by atoms with E-state index in [9.17, 15) is 49.1 Å². The largest absolute Gasteiger partial charge is 0.430 e. The van der Waals surface area contributed by atoms with Crippen LogP contribution in [0.3, 0.4) is 0 Å². The number of anilines is 1. The molecule has 2 N–H and O–H groups in total. The summed E-state index contributed by atoms with van der Waals surface area (Å²) in [7, 11) is -2.96. The number of hydrogen-bond donors (Lipinski definition) is 2. The molecule has 0 aromatic heterocycles. The minimum absolute atomic E-state index is 0.0393. The average Bonchev–Trinajstić information content (AvgIpc) is 2.93. The molecular weight excluding hydrogens is 597 g/mol. The van der Waals surface area contributed by atoms with Crippen molar-refractivity contribution >= 4 is 21.6 Å². The first-order valence-corrected chi connectivity index (χ1v) is 14.5. The molecule has 2 aliphatic rings. The van der Waals surface area contributed by atoms with Gasteiger partial charge in [-0.3, -0.25) is 9.10 Å². The number of nitrogens with zero attached hydrogens (tertiary/aromatic N) is 1. The van der Waals surface area contributed by atoms with E-state index in [0.29, 0.717) is 37.8 Å². The van der Waals surface area contributed by atoms with E-state index in [-0.39, 0.29) is 53.5 Å². The Kier molecular flexibility index (Phi) is 8.87. The number of aryl methyl sites for hydroxylation is 1. The number of hydrogen-bond acceptors (Lipinski definition) is 5. The molecule has 42 heavy (non-hydrogen) atoms. The van der Waals surface area contributed by atoms with Crippen molar-refractivity contribution < 1.29 is 53.8 Å². The predicted molar refractivity (Wildman–Crippen MR) is 136 cm³/mol. The van der Waals surface area contributed by atoms with E-state index >= 15 is 0 Å². The second kappa shape index (κ2) is 11.6. The first kappa shape index (κ1) is 32.0. The van der Waals surface area contributed by atoms with Gasteiger partial charge >= 0.3 is 12.4 Å². The monoisotopic (exact) mass is 626 g/mol. The molecule has 2 aromatic rings. The Morgan fingerprint density at radius 1 is 0.976 bits per heavy atom. The first-order chi connectivity index (χ1) is 19.5. The fourth-order valence-electron chi connectivity index (χ4n) is 5.50. The molecule has 1 saturated carbocycles. The van der Waals surface area contributed by atoms with Crippen molar-refractivity contribution in [2.45, 2.75) is 73.5 Å². The molecule has 1 aliphatic heterocycles. The molecule has 7 nitrogen and oxygen atoms in total. The maximum absolute atomic E-state index is 13.8. The van der Waals surface area contributed by atoms with Crippen molar-refractivity contribution in [2.24, 2.45) is 5.92 Å². The Morgan fingerprint density at radius 2 is 1.57 bits per heavy atom. The van der Waals surface area contributed by atoms with Crippen LogP contribution in [0, 0.1) is 11.7 Å². The summed E-state index contributed by atoms with van der Waals surface area (Å²) >= 11 is 0. The number of aliphatic hydroxyl groups is 1. The molecule has 15 heteroatoms. The van der Waals surface area contributed by atoms with Gasteiger partial charge in [0, 0.05) is 25.1 Å². The van der Waals surface area contributed by atoms with Gasteiger partial charge in [0.2, 0.25) is 5.91 Å². The van der Waals surface area contributed by atoms with Crippen LogP contribution in [0.5, 0.6) is 0 Å². The van der Waals surface area contributed by atoms with Crippen molar-refractivity contribution in [2.75, 3.05) is 18.0 Å². The molecule has 1 atom stereocenters. The van der Waals surface area contributed by atoms with Crippen molar-refractivity contribution in [3.05, 3.63) is 59.4 Å². The van der Waals surface area contributed by atoms with Crippen LogP contribution < -0.4 is 9.62 Å². The smallest absolute Gasteiger partial charge is 0.381 e. The third kappa shape index (κ3) is 5.95. The molecule has 0 unspecified atom stereocenters. The Hall–Kier alpha value is -2.91. The highest BCUT2D eigenvalue weighted by Gasteiger charge is 2.71. The van der Waals surface area contributed by atoms with Gasteiger partial charge in [-0.05, 0) is 74.4 Å².